The highest BCUT2D eigenvalue weighted by molar-refractivity contribution is 5.57. The average Bonchev–Trinajstić information content (AvgIpc) is 2.45. The van der Waals surface area contributed by atoms with Crippen LogP contribution in [0.2, 0.25) is 0 Å². The van der Waals surface area contributed by atoms with Crippen LogP contribution in [0.15, 0.2) is 42.6 Å². The van der Waals surface area contributed by atoms with Crippen LogP contribution in [-0.2, 0) is 12.6 Å². The summed E-state index contributed by atoms with van der Waals surface area (Å²) in [7, 11) is 0. The van der Waals surface area contributed by atoms with E-state index in [0.29, 0.717) is 12.2 Å². The number of hydrogen-bond donors (Lipinski definition) is 2. The van der Waals surface area contributed by atoms with Crippen LogP contribution in [0, 0.1) is 0 Å². The molecule has 3 N–H and O–H groups in total. The molecule has 0 atom stereocenters. The van der Waals surface area contributed by atoms with Crippen LogP contribution in [0.1, 0.15) is 17.5 Å². The lowest BCUT2D eigenvalue weighted by Crippen LogP contribution is -2.06. The Kier molecular flexibility index (Phi) is 4.80. The van der Waals surface area contributed by atoms with Gasteiger partial charge in [-0.2, -0.15) is 13.2 Å². The predicted molar refractivity (Wildman–Crippen MR) is 76.3 cm³/mol. The molecule has 0 saturated carbocycles. The number of aromatic nitrogens is 1. The minimum absolute atomic E-state index is 0.167. The van der Waals surface area contributed by atoms with Crippen LogP contribution < -0.4 is 11.1 Å². The molecule has 0 amide bonds. The summed E-state index contributed by atoms with van der Waals surface area (Å²) >= 11 is 0. The maximum Gasteiger partial charge on any atom is 0.416 e. The van der Waals surface area contributed by atoms with Crippen LogP contribution in [-0.4, -0.2) is 11.5 Å². The van der Waals surface area contributed by atoms with Crippen molar-refractivity contribution >= 4 is 11.5 Å². The fourth-order valence-corrected chi connectivity index (χ4v) is 1.93. The number of halogens is 3. The molecule has 0 aliphatic rings. The molecule has 0 radical (unpaired) electrons. The van der Waals surface area contributed by atoms with Gasteiger partial charge in [-0.15, -0.1) is 0 Å². The van der Waals surface area contributed by atoms with E-state index in [0.717, 1.165) is 36.7 Å². The summed E-state index contributed by atoms with van der Waals surface area (Å²) in [6, 6.07) is 9.42. The number of pyridine rings is 1. The maximum absolute atomic E-state index is 12.6. The van der Waals surface area contributed by atoms with Gasteiger partial charge >= 0.3 is 6.18 Å². The molecule has 6 heteroatoms. The number of aryl methyl sites for hydroxylation is 1. The van der Waals surface area contributed by atoms with E-state index in [2.05, 4.69) is 10.3 Å². The molecular weight excluding hydrogens is 279 g/mol. The molecule has 0 saturated heterocycles. The molecule has 0 spiro atoms. The lowest BCUT2D eigenvalue weighted by molar-refractivity contribution is -0.137. The monoisotopic (exact) mass is 295 g/mol. The molecule has 1 heterocycles. The van der Waals surface area contributed by atoms with E-state index in [9.17, 15) is 13.2 Å². The first kappa shape index (κ1) is 15.3. The molecule has 1 aromatic heterocycles. The van der Waals surface area contributed by atoms with E-state index in [-0.39, 0.29) is 5.82 Å². The first-order chi connectivity index (χ1) is 9.99. The summed E-state index contributed by atoms with van der Waals surface area (Å²) in [6.45, 7) is 0.604. The van der Waals surface area contributed by atoms with E-state index in [1.807, 2.05) is 18.2 Å². The normalized spacial score (nSPS) is 11.4. The minimum Gasteiger partial charge on any atom is -0.340 e. The van der Waals surface area contributed by atoms with Gasteiger partial charge in [-0.25, -0.2) is 4.98 Å². The van der Waals surface area contributed by atoms with Gasteiger partial charge in [-0.3, -0.25) is 0 Å². The van der Waals surface area contributed by atoms with Crippen molar-refractivity contribution in [2.75, 3.05) is 11.9 Å². The molecule has 0 aliphatic carbocycles. The van der Waals surface area contributed by atoms with E-state index in [1.54, 1.807) is 6.07 Å². The highest BCUT2D eigenvalue weighted by Gasteiger charge is 2.30. The molecule has 2 aromatic rings. The second kappa shape index (κ2) is 6.58. The summed E-state index contributed by atoms with van der Waals surface area (Å²) in [5, 5.41) is 2.89. The highest BCUT2D eigenvalue weighted by Crippen LogP contribution is 2.30. The van der Waals surface area contributed by atoms with Crippen LogP contribution in [0.4, 0.5) is 24.7 Å². The van der Waals surface area contributed by atoms with E-state index in [1.165, 1.54) is 0 Å². The minimum atomic E-state index is -4.37. The van der Waals surface area contributed by atoms with Gasteiger partial charge in [0.25, 0.3) is 0 Å². The van der Waals surface area contributed by atoms with E-state index >= 15 is 0 Å². The Labute approximate surface area is 121 Å². The Morgan fingerprint density at radius 3 is 2.67 bits per heavy atom. The lowest BCUT2D eigenvalue weighted by Gasteiger charge is -2.10. The molecular formula is C15H16F3N3. The molecule has 3 nitrogen and oxygen atoms in total. The number of alkyl halides is 3. The second-order valence-electron chi connectivity index (χ2n) is 4.65. The molecule has 1 aromatic carbocycles. The zero-order chi connectivity index (χ0) is 15.3. The van der Waals surface area contributed by atoms with Gasteiger partial charge < -0.3 is 11.1 Å². The summed E-state index contributed by atoms with van der Waals surface area (Å²) in [6.07, 6.45) is -1.53. The highest BCUT2D eigenvalue weighted by atomic mass is 19.4. The van der Waals surface area contributed by atoms with Gasteiger partial charge in [0.15, 0.2) is 0 Å². The molecule has 21 heavy (non-hydrogen) atoms. The summed E-state index contributed by atoms with van der Waals surface area (Å²) in [5.41, 5.74) is 6.53. The number of benzene rings is 1. The van der Waals surface area contributed by atoms with Gasteiger partial charge in [-0.05, 0) is 49.2 Å². The van der Waals surface area contributed by atoms with Crippen LogP contribution >= 0.6 is 0 Å². The van der Waals surface area contributed by atoms with Crippen molar-refractivity contribution in [2.24, 2.45) is 5.73 Å². The number of nitrogens with two attached hydrogens (primary N) is 1. The lowest BCUT2D eigenvalue weighted by atomic mass is 10.1. The SMILES string of the molecule is NCCCc1cccc(Nc2cc(C(F)(F)F)ccn2)c1. The van der Waals surface area contributed by atoms with Gasteiger partial charge in [0.2, 0.25) is 0 Å². The Morgan fingerprint density at radius 1 is 1.14 bits per heavy atom. The molecule has 112 valence electrons. The van der Waals surface area contributed by atoms with Gasteiger partial charge in [0, 0.05) is 11.9 Å². The van der Waals surface area contributed by atoms with Crippen LogP contribution in [0.25, 0.3) is 0 Å². The van der Waals surface area contributed by atoms with E-state index < -0.39 is 11.7 Å². The van der Waals surface area contributed by atoms with Crippen molar-refractivity contribution in [3.05, 3.63) is 53.7 Å². The first-order valence-electron chi connectivity index (χ1n) is 6.58. The van der Waals surface area contributed by atoms with Crippen LogP contribution in [0.5, 0.6) is 0 Å². The Bertz CT molecular complexity index is 597. The molecule has 0 unspecified atom stereocenters. The summed E-state index contributed by atoms with van der Waals surface area (Å²) in [4.78, 5) is 3.91. The third kappa shape index (κ3) is 4.46. The van der Waals surface area contributed by atoms with Crippen molar-refractivity contribution in [2.45, 2.75) is 19.0 Å². The molecule has 2 rings (SSSR count). The third-order valence-corrected chi connectivity index (χ3v) is 2.96. The summed E-state index contributed by atoms with van der Waals surface area (Å²) < 4.78 is 37.9. The van der Waals surface area contributed by atoms with Crippen molar-refractivity contribution in [3.8, 4) is 0 Å². The van der Waals surface area contributed by atoms with Crippen molar-refractivity contribution < 1.29 is 13.2 Å². The predicted octanol–water partition coefficient (Wildman–Crippen LogP) is 3.74. The fraction of sp³-hybridized carbons (Fsp3) is 0.267. The standard InChI is InChI=1S/C15H16F3N3/c16-15(17,18)12-6-8-20-14(10-12)21-13-5-1-3-11(9-13)4-2-7-19/h1,3,5-6,8-10H,2,4,7,19H2,(H,20,21). The van der Waals surface area contributed by atoms with Crippen LogP contribution in [0.3, 0.4) is 0 Å². The topological polar surface area (TPSA) is 50.9 Å². The van der Waals surface area contributed by atoms with Gasteiger partial charge in [0.1, 0.15) is 5.82 Å². The summed E-state index contributed by atoms with van der Waals surface area (Å²) in [5.74, 6) is 0.167. The first-order valence-corrected chi connectivity index (χ1v) is 6.58. The van der Waals surface area contributed by atoms with Gasteiger partial charge in [0.05, 0.1) is 5.56 Å². The third-order valence-electron chi connectivity index (χ3n) is 2.96. The van der Waals surface area contributed by atoms with E-state index in [4.69, 9.17) is 5.73 Å². The van der Waals surface area contributed by atoms with Crippen molar-refractivity contribution in [3.63, 3.8) is 0 Å². The van der Waals surface area contributed by atoms with Crippen molar-refractivity contribution in [1.82, 2.24) is 4.98 Å². The average molecular weight is 295 g/mol. The second-order valence-corrected chi connectivity index (χ2v) is 4.65. The quantitative estimate of drug-likeness (QED) is 0.883. The molecule has 0 fully saturated rings. The number of nitrogens with one attached hydrogen (secondary N) is 1. The fourth-order valence-electron chi connectivity index (χ4n) is 1.93. The molecule has 0 bridgehead atoms. The zero-order valence-corrected chi connectivity index (χ0v) is 11.3. The molecule has 0 aliphatic heterocycles. The number of hydrogen-bond acceptors (Lipinski definition) is 3. The number of anilines is 2. The largest absolute Gasteiger partial charge is 0.416 e. The Morgan fingerprint density at radius 2 is 1.95 bits per heavy atom. The van der Waals surface area contributed by atoms with Crippen molar-refractivity contribution in [1.29, 1.82) is 0 Å². The Hall–Kier alpha value is -2.08. The maximum atomic E-state index is 12.6. The smallest absolute Gasteiger partial charge is 0.340 e. The number of rotatable bonds is 5. The van der Waals surface area contributed by atoms with Gasteiger partial charge in [-0.1, -0.05) is 12.1 Å². The zero-order valence-electron chi connectivity index (χ0n) is 11.3. The Balaban J connectivity index is 2.14. The number of nitrogens with zero attached hydrogens (tertiary/aromatic N) is 1.